The fourth-order valence-electron chi connectivity index (χ4n) is 0.610. The zero-order chi connectivity index (χ0) is 7.23. The van der Waals surface area contributed by atoms with Crippen LogP contribution in [0.2, 0.25) is 0 Å². The molecule has 0 aromatic heterocycles. The molecule has 0 bridgehead atoms. The van der Waals surface area contributed by atoms with E-state index in [1.807, 2.05) is 12.2 Å². The summed E-state index contributed by atoms with van der Waals surface area (Å²) in [4.78, 5) is 0. The Balaban J connectivity index is 2.48. The molecule has 0 unspecified atom stereocenters. The van der Waals surface area contributed by atoms with Gasteiger partial charge in [0.1, 0.15) is 0 Å². The highest BCUT2D eigenvalue weighted by Crippen LogP contribution is 1.99. The minimum atomic E-state index is 0.806. The molecule has 0 aromatic carbocycles. The Labute approximate surface area is 70.7 Å². The predicted molar refractivity (Wildman–Crippen MR) is 53.6 cm³/mol. The van der Waals surface area contributed by atoms with Gasteiger partial charge in [-0.15, -0.1) is 0 Å². The summed E-state index contributed by atoms with van der Waals surface area (Å²) in [5, 5.41) is 4.18. The molecule has 1 aliphatic heterocycles. The quantitative estimate of drug-likeness (QED) is 0.277. The van der Waals surface area contributed by atoms with Crippen LogP contribution in [0, 0.1) is 0 Å². The summed E-state index contributed by atoms with van der Waals surface area (Å²) in [5.41, 5.74) is 1.27. The normalized spacial score (nSPS) is 19.9. The van der Waals surface area contributed by atoms with E-state index in [0.29, 0.717) is 0 Å². The van der Waals surface area contributed by atoms with Crippen LogP contribution in [0.25, 0.3) is 0 Å². The molecule has 1 heterocycles. The summed E-state index contributed by atoms with van der Waals surface area (Å²) in [5.74, 6) is 0.806. The minimum Gasteiger partial charge on any atom is -0.175 e. The summed E-state index contributed by atoms with van der Waals surface area (Å²) in [7, 11) is 0. The number of thiol groups is 1. The van der Waals surface area contributed by atoms with E-state index in [2.05, 4.69) is 35.6 Å². The van der Waals surface area contributed by atoms with Crippen molar-refractivity contribution in [3.63, 3.8) is 0 Å². The van der Waals surface area contributed by atoms with E-state index in [-0.39, 0.29) is 0 Å². The highest BCUT2D eigenvalue weighted by Gasteiger charge is 1.99. The monoisotopic (exact) mass is 169 g/mol. The summed E-state index contributed by atoms with van der Waals surface area (Å²) in [6.07, 6.45) is 8.20. The fourth-order valence-corrected chi connectivity index (χ4v) is 1.36. The highest BCUT2D eigenvalue weighted by atomic mass is 32.1. The van der Waals surface area contributed by atoms with Gasteiger partial charge in [-0.3, -0.25) is 0 Å². The third-order valence-electron chi connectivity index (χ3n) is 1.07. The molecule has 0 aliphatic carbocycles. The maximum atomic E-state index is 4.05. The first kappa shape index (κ1) is 7.76. The van der Waals surface area contributed by atoms with Crippen molar-refractivity contribution in [1.82, 2.24) is 0 Å². The predicted octanol–water partition coefficient (Wildman–Crippen LogP) is 1.81. The van der Waals surface area contributed by atoms with Gasteiger partial charge in [-0.1, -0.05) is 18.2 Å². The minimum absolute atomic E-state index is 0.806. The smallest absolute Gasteiger partial charge is 0.175 e. The Morgan fingerprint density at radius 2 is 2.50 bits per heavy atom. The number of hydrogen-bond acceptors (Lipinski definition) is 1. The molecule has 2 heteroatoms. The molecule has 52 valence electrons. The van der Waals surface area contributed by atoms with Gasteiger partial charge < -0.3 is 0 Å². The van der Waals surface area contributed by atoms with Crippen LogP contribution >= 0.6 is 12.6 Å². The lowest BCUT2D eigenvalue weighted by Gasteiger charge is -1.77. The topological polar surface area (TPSA) is 0 Å². The molecule has 0 atom stereocenters. The molecule has 0 spiro atoms. The third kappa shape index (κ3) is 2.50. The second-order valence-corrected chi connectivity index (χ2v) is 2.98. The maximum absolute atomic E-state index is 4.05. The Kier molecular flexibility index (Phi) is 3.47. The second-order valence-electron chi connectivity index (χ2n) is 1.83. The van der Waals surface area contributed by atoms with Gasteiger partial charge in [-0.2, -0.15) is 12.6 Å². The summed E-state index contributed by atoms with van der Waals surface area (Å²) in [6, 6.07) is 0. The van der Waals surface area contributed by atoms with Crippen LogP contribution in [0.4, 0.5) is 0 Å². The molecule has 0 fully saturated rings. The molecular weight excluding hydrogens is 160 g/mol. The molecule has 0 radical (unpaired) electrons. The largest absolute Gasteiger partial charge is 0.212 e. The van der Waals surface area contributed by atoms with Crippen LogP contribution in [0.3, 0.4) is 0 Å². The molecule has 10 heavy (non-hydrogen) atoms. The summed E-state index contributed by atoms with van der Waals surface area (Å²) in [6.45, 7) is 0. The standard InChI is InChI=1S/C8H8S2/c9-5-2-1-3-8-4-6-10-7-8/h1-4,6-7H,5H2/p+1/b2-1+,8-3?. The van der Waals surface area contributed by atoms with Crippen LogP contribution in [0.1, 0.15) is 0 Å². The van der Waals surface area contributed by atoms with E-state index in [0.717, 1.165) is 5.75 Å². The van der Waals surface area contributed by atoms with E-state index >= 15 is 0 Å². The van der Waals surface area contributed by atoms with Crippen molar-refractivity contribution in [2.24, 2.45) is 0 Å². The Bertz CT molecular complexity index is 195. The van der Waals surface area contributed by atoms with Crippen molar-refractivity contribution in [3.05, 3.63) is 35.3 Å². The van der Waals surface area contributed by atoms with Crippen molar-refractivity contribution in [3.8, 4) is 0 Å². The van der Waals surface area contributed by atoms with Crippen molar-refractivity contribution >= 4 is 29.3 Å². The van der Waals surface area contributed by atoms with Crippen molar-refractivity contribution < 1.29 is 0 Å². The van der Waals surface area contributed by atoms with Crippen LogP contribution < -0.4 is 0 Å². The van der Waals surface area contributed by atoms with Crippen molar-refractivity contribution in [2.75, 3.05) is 5.75 Å². The zero-order valence-corrected chi connectivity index (χ0v) is 7.24. The van der Waals surface area contributed by atoms with Crippen LogP contribution in [0.15, 0.2) is 35.3 Å². The van der Waals surface area contributed by atoms with Gasteiger partial charge in [0.25, 0.3) is 0 Å². The Morgan fingerprint density at radius 3 is 3.10 bits per heavy atom. The molecule has 0 amide bonds. The average Bonchev–Trinajstić information content (AvgIpc) is 2.41. The van der Waals surface area contributed by atoms with E-state index in [1.54, 1.807) is 11.4 Å². The maximum Gasteiger partial charge on any atom is 0.212 e. The lowest BCUT2D eigenvalue weighted by atomic mass is 10.3. The lowest BCUT2D eigenvalue weighted by molar-refractivity contribution is 1.75. The summed E-state index contributed by atoms with van der Waals surface area (Å²) >= 11 is 5.76. The first-order chi connectivity index (χ1) is 4.93. The van der Waals surface area contributed by atoms with Gasteiger partial charge in [0.05, 0.1) is 0 Å². The fraction of sp³-hybridized carbons (Fsp3) is 0.125. The SMILES string of the molecule is SC/C=C/C=C1C=C[S+]=C1. The van der Waals surface area contributed by atoms with Crippen LogP contribution in [-0.2, 0) is 11.4 Å². The summed E-state index contributed by atoms with van der Waals surface area (Å²) < 4.78 is 0. The average molecular weight is 169 g/mol. The van der Waals surface area contributed by atoms with Gasteiger partial charge in [-0.05, 0) is 0 Å². The molecular formula is C8H9S2+. The third-order valence-corrected chi connectivity index (χ3v) is 1.99. The van der Waals surface area contributed by atoms with Gasteiger partial charge in [0.15, 0.2) is 5.41 Å². The lowest BCUT2D eigenvalue weighted by Crippen LogP contribution is -1.71. The first-order valence-corrected chi connectivity index (χ1v) is 4.64. The molecule has 0 N–H and O–H groups in total. The van der Waals surface area contributed by atoms with E-state index in [9.17, 15) is 0 Å². The molecule has 1 aliphatic rings. The van der Waals surface area contributed by atoms with E-state index < -0.39 is 0 Å². The van der Waals surface area contributed by atoms with Crippen LogP contribution in [-0.4, -0.2) is 11.1 Å². The first-order valence-electron chi connectivity index (χ1n) is 3.06. The molecule has 1 rings (SSSR count). The molecule has 0 saturated carbocycles. The van der Waals surface area contributed by atoms with E-state index in [1.165, 1.54) is 5.57 Å². The van der Waals surface area contributed by atoms with Crippen molar-refractivity contribution in [1.29, 1.82) is 0 Å². The Hall–Kier alpha value is -0.340. The second kappa shape index (κ2) is 4.47. The highest BCUT2D eigenvalue weighted by molar-refractivity contribution is 7.81. The molecule has 0 saturated heterocycles. The van der Waals surface area contributed by atoms with Gasteiger partial charge in [0.2, 0.25) is 16.7 Å². The Morgan fingerprint density at radius 1 is 1.60 bits per heavy atom. The number of rotatable bonds is 2. The van der Waals surface area contributed by atoms with Crippen molar-refractivity contribution in [2.45, 2.75) is 0 Å². The molecule has 0 nitrogen and oxygen atoms in total. The molecule has 0 aromatic rings. The van der Waals surface area contributed by atoms with Gasteiger partial charge >= 0.3 is 0 Å². The zero-order valence-electron chi connectivity index (χ0n) is 5.53. The van der Waals surface area contributed by atoms with E-state index in [4.69, 9.17) is 0 Å². The van der Waals surface area contributed by atoms with Gasteiger partial charge in [-0.25, -0.2) is 0 Å². The van der Waals surface area contributed by atoms with Crippen LogP contribution in [0.5, 0.6) is 0 Å². The number of allylic oxidation sites excluding steroid dienone is 4. The number of hydrogen-bond donors (Lipinski definition) is 1. The van der Waals surface area contributed by atoms with Gasteiger partial charge in [0, 0.05) is 17.4 Å².